The van der Waals surface area contributed by atoms with Crippen molar-refractivity contribution >= 4 is 17.5 Å². The van der Waals surface area contributed by atoms with E-state index >= 15 is 0 Å². The average molecular weight is 308 g/mol. The lowest BCUT2D eigenvalue weighted by molar-refractivity contribution is -0.143. The van der Waals surface area contributed by atoms with Crippen molar-refractivity contribution in [2.45, 2.75) is 65.2 Å². The van der Waals surface area contributed by atoms with Gasteiger partial charge in [0, 0.05) is 25.2 Å². The lowest BCUT2D eigenvalue weighted by Crippen LogP contribution is -2.16. The molecule has 0 aromatic heterocycles. The summed E-state index contributed by atoms with van der Waals surface area (Å²) in [5.41, 5.74) is 0. The Morgan fingerprint density at radius 2 is 2.00 bits per heavy atom. The van der Waals surface area contributed by atoms with Crippen LogP contribution in [0.5, 0.6) is 0 Å². The first-order chi connectivity index (χ1) is 10.6. The first-order valence-electron chi connectivity index (χ1n) is 8.47. The Morgan fingerprint density at radius 1 is 1.23 bits per heavy atom. The summed E-state index contributed by atoms with van der Waals surface area (Å²) in [6.07, 6.45) is 9.33. The molecule has 4 heteroatoms. The Bertz CT molecular complexity index is 411. The highest BCUT2D eigenvalue weighted by molar-refractivity contribution is 5.90. The van der Waals surface area contributed by atoms with Crippen molar-refractivity contribution in [3.8, 4) is 0 Å². The summed E-state index contributed by atoms with van der Waals surface area (Å²) in [7, 11) is 0. The molecule has 1 saturated carbocycles. The molecule has 0 amide bonds. The van der Waals surface area contributed by atoms with E-state index in [1.807, 2.05) is 6.08 Å². The minimum absolute atomic E-state index is 0.0945. The lowest BCUT2D eigenvalue weighted by atomic mass is 9.90. The summed E-state index contributed by atoms with van der Waals surface area (Å²) >= 11 is 0. The fraction of sp³-hybridized carbons (Fsp3) is 0.722. The number of hydrogen-bond acceptors (Lipinski definition) is 4. The summed E-state index contributed by atoms with van der Waals surface area (Å²) < 4.78 is 4.90. The second kappa shape index (κ2) is 10.3. The van der Waals surface area contributed by atoms with Gasteiger partial charge in [-0.2, -0.15) is 0 Å². The smallest absolute Gasteiger partial charge is 0.305 e. The Morgan fingerprint density at radius 3 is 2.68 bits per heavy atom. The van der Waals surface area contributed by atoms with E-state index in [2.05, 4.69) is 6.92 Å². The number of carbonyl (C=O) groups is 3. The predicted molar refractivity (Wildman–Crippen MR) is 85.4 cm³/mol. The highest BCUT2D eigenvalue weighted by Gasteiger charge is 2.33. The number of carbonyl (C=O) groups excluding carboxylic acids is 3. The van der Waals surface area contributed by atoms with Crippen LogP contribution in [0.2, 0.25) is 0 Å². The van der Waals surface area contributed by atoms with Crippen molar-refractivity contribution in [3.05, 3.63) is 12.2 Å². The summed E-state index contributed by atoms with van der Waals surface area (Å²) in [6, 6.07) is 0. The number of ketones is 2. The van der Waals surface area contributed by atoms with Crippen LogP contribution in [0, 0.1) is 11.8 Å². The lowest BCUT2D eigenvalue weighted by Gasteiger charge is -2.14. The van der Waals surface area contributed by atoms with Crippen LogP contribution in [0.15, 0.2) is 12.2 Å². The molecule has 4 nitrogen and oxygen atoms in total. The maximum Gasteiger partial charge on any atom is 0.305 e. The maximum absolute atomic E-state index is 11.9. The molecule has 0 bridgehead atoms. The van der Waals surface area contributed by atoms with Gasteiger partial charge in [0.2, 0.25) is 0 Å². The second-order valence-corrected chi connectivity index (χ2v) is 5.90. The third-order valence-corrected chi connectivity index (χ3v) is 4.18. The van der Waals surface area contributed by atoms with Crippen LogP contribution in [-0.4, -0.2) is 24.1 Å². The van der Waals surface area contributed by atoms with E-state index in [1.165, 1.54) is 0 Å². The van der Waals surface area contributed by atoms with E-state index in [0.29, 0.717) is 25.9 Å². The molecule has 1 fully saturated rings. The summed E-state index contributed by atoms with van der Waals surface area (Å²) in [6.45, 7) is 4.25. The highest BCUT2D eigenvalue weighted by atomic mass is 16.5. The molecule has 1 aliphatic carbocycles. The fourth-order valence-electron chi connectivity index (χ4n) is 2.91. The minimum atomic E-state index is -0.249. The Balaban J connectivity index is 2.45. The Kier molecular flexibility index (Phi) is 8.71. The van der Waals surface area contributed by atoms with Gasteiger partial charge in [-0.25, -0.2) is 0 Å². The van der Waals surface area contributed by atoms with E-state index in [9.17, 15) is 14.4 Å². The van der Waals surface area contributed by atoms with Gasteiger partial charge in [-0.3, -0.25) is 14.4 Å². The molecule has 0 aromatic carbocycles. The van der Waals surface area contributed by atoms with Gasteiger partial charge >= 0.3 is 5.97 Å². The first-order valence-corrected chi connectivity index (χ1v) is 8.47. The molecule has 2 atom stereocenters. The zero-order valence-corrected chi connectivity index (χ0v) is 13.8. The van der Waals surface area contributed by atoms with Gasteiger partial charge in [-0.15, -0.1) is 0 Å². The topological polar surface area (TPSA) is 60.4 Å². The molecule has 0 aliphatic heterocycles. The molecule has 2 unspecified atom stereocenters. The third-order valence-electron chi connectivity index (χ3n) is 4.18. The van der Waals surface area contributed by atoms with E-state index in [-0.39, 0.29) is 35.8 Å². The molecular formula is C18H28O4. The summed E-state index contributed by atoms with van der Waals surface area (Å²) in [5.74, 6) is 0.0519. The standard InChI is InChI=1S/C18H28O4/c1-3-5-6-7-15(19)10-8-14-9-12-17(20)16(14)11-13-18(21)22-4-2/h8,10,14,16H,3-7,9,11-13H2,1-2H3. The van der Waals surface area contributed by atoms with Crippen molar-refractivity contribution in [1.82, 2.24) is 0 Å². The number of ether oxygens (including phenoxy) is 1. The number of allylic oxidation sites excluding steroid dienone is 2. The first kappa shape index (κ1) is 18.6. The van der Waals surface area contributed by atoms with E-state index < -0.39 is 0 Å². The van der Waals surface area contributed by atoms with Gasteiger partial charge in [0.15, 0.2) is 5.78 Å². The van der Waals surface area contributed by atoms with E-state index in [4.69, 9.17) is 4.74 Å². The van der Waals surface area contributed by atoms with Crippen molar-refractivity contribution in [1.29, 1.82) is 0 Å². The third kappa shape index (κ3) is 6.54. The van der Waals surface area contributed by atoms with Crippen molar-refractivity contribution < 1.29 is 19.1 Å². The minimum Gasteiger partial charge on any atom is -0.466 e. The van der Waals surface area contributed by atoms with Crippen LogP contribution in [0.3, 0.4) is 0 Å². The molecule has 0 saturated heterocycles. The molecule has 0 spiro atoms. The van der Waals surface area contributed by atoms with Crippen LogP contribution in [0.4, 0.5) is 0 Å². The molecule has 1 aliphatic rings. The van der Waals surface area contributed by atoms with Crippen molar-refractivity contribution in [3.63, 3.8) is 0 Å². The number of hydrogen-bond donors (Lipinski definition) is 0. The molecule has 0 N–H and O–H groups in total. The van der Waals surface area contributed by atoms with Gasteiger partial charge in [0.25, 0.3) is 0 Å². The quantitative estimate of drug-likeness (QED) is 0.351. The molecule has 1 rings (SSSR count). The summed E-state index contributed by atoms with van der Waals surface area (Å²) in [4.78, 5) is 35.1. The number of Topliss-reactive ketones (excluding diaryl/α,β-unsaturated/α-hetero) is 1. The second-order valence-electron chi connectivity index (χ2n) is 5.90. The molecule has 124 valence electrons. The zero-order valence-electron chi connectivity index (χ0n) is 13.8. The highest BCUT2D eigenvalue weighted by Crippen LogP contribution is 2.33. The zero-order chi connectivity index (χ0) is 16.4. The van der Waals surface area contributed by atoms with Gasteiger partial charge in [-0.05, 0) is 38.2 Å². The molecule has 0 aromatic rings. The van der Waals surface area contributed by atoms with Gasteiger partial charge in [-0.1, -0.05) is 25.8 Å². The van der Waals surface area contributed by atoms with Crippen LogP contribution in [0.25, 0.3) is 0 Å². The normalized spacial score (nSPS) is 21.5. The average Bonchev–Trinajstić information content (AvgIpc) is 2.84. The molecular weight excluding hydrogens is 280 g/mol. The van der Waals surface area contributed by atoms with Crippen molar-refractivity contribution in [2.24, 2.45) is 11.8 Å². The van der Waals surface area contributed by atoms with Gasteiger partial charge in [0.1, 0.15) is 5.78 Å². The fourth-order valence-corrected chi connectivity index (χ4v) is 2.91. The van der Waals surface area contributed by atoms with Crippen LogP contribution in [-0.2, 0) is 19.1 Å². The van der Waals surface area contributed by atoms with Crippen LogP contribution in [0.1, 0.15) is 65.2 Å². The largest absolute Gasteiger partial charge is 0.466 e. The van der Waals surface area contributed by atoms with Crippen LogP contribution >= 0.6 is 0 Å². The number of unbranched alkanes of at least 4 members (excludes halogenated alkanes) is 2. The predicted octanol–water partition coefficient (Wildman–Crippen LogP) is 3.63. The maximum atomic E-state index is 11.9. The SMILES string of the molecule is CCCCCC(=O)C=CC1CCC(=O)C1CCC(=O)OCC. The van der Waals surface area contributed by atoms with Crippen LogP contribution < -0.4 is 0 Å². The van der Waals surface area contributed by atoms with Gasteiger partial charge in [0.05, 0.1) is 6.61 Å². The Hall–Kier alpha value is -1.45. The number of rotatable bonds is 10. The Labute approximate surface area is 133 Å². The summed E-state index contributed by atoms with van der Waals surface area (Å²) in [5, 5.41) is 0. The molecule has 0 radical (unpaired) electrons. The van der Waals surface area contributed by atoms with Crippen molar-refractivity contribution in [2.75, 3.05) is 6.61 Å². The van der Waals surface area contributed by atoms with E-state index in [0.717, 1.165) is 25.7 Å². The van der Waals surface area contributed by atoms with E-state index in [1.54, 1.807) is 13.0 Å². The number of esters is 1. The molecule has 22 heavy (non-hydrogen) atoms. The molecule has 0 heterocycles. The van der Waals surface area contributed by atoms with Gasteiger partial charge < -0.3 is 4.74 Å². The monoisotopic (exact) mass is 308 g/mol.